The summed E-state index contributed by atoms with van der Waals surface area (Å²) in [4.78, 5) is 19.8. The minimum absolute atomic E-state index is 0.225. The lowest BCUT2D eigenvalue weighted by molar-refractivity contribution is 0.244. The summed E-state index contributed by atoms with van der Waals surface area (Å²) in [6.07, 6.45) is 0. The molecule has 0 fully saturated rings. The van der Waals surface area contributed by atoms with Gasteiger partial charge >= 0.3 is 6.03 Å². The zero-order valence-corrected chi connectivity index (χ0v) is 20.8. The highest BCUT2D eigenvalue weighted by atomic mass is 16.5. The van der Waals surface area contributed by atoms with Crippen LogP contribution in [0.2, 0.25) is 0 Å². The number of carbonyl (C=O) groups is 1. The Bertz CT molecular complexity index is 1400. The summed E-state index contributed by atoms with van der Waals surface area (Å²) in [5, 5.41) is 7.39. The lowest BCUT2D eigenvalue weighted by atomic mass is 9.94. The SMILES string of the molecule is CCOc1ccc(C2NC(=O)N(c3ccc(C)cc3)C(C)=C2c2nc(-c3ccc(C)cc3)no2)cc1. The van der Waals surface area contributed by atoms with E-state index >= 15 is 0 Å². The fourth-order valence-corrected chi connectivity index (χ4v) is 4.35. The summed E-state index contributed by atoms with van der Waals surface area (Å²) in [7, 11) is 0. The maximum absolute atomic E-state index is 13.4. The van der Waals surface area contributed by atoms with E-state index in [1.54, 1.807) is 4.90 Å². The molecule has 0 spiro atoms. The first kappa shape index (κ1) is 23.4. The van der Waals surface area contributed by atoms with Gasteiger partial charge in [-0.3, -0.25) is 4.90 Å². The Labute approximate surface area is 210 Å². The Morgan fingerprint density at radius 2 is 1.56 bits per heavy atom. The molecule has 1 atom stereocenters. The average Bonchev–Trinajstić information content (AvgIpc) is 3.36. The van der Waals surface area contributed by atoms with Gasteiger partial charge in [0.25, 0.3) is 5.89 Å². The van der Waals surface area contributed by atoms with E-state index in [1.807, 2.05) is 100 Å². The van der Waals surface area contributed by atoms with Gasteiger partial charge in [0, 0.05) is 11.3 Å². The van der Waals surface area contributed by atoms with Gasteiger partial charge in [0.2, 0.25) is 5.82 Å². The van der Waals surface area contributed by atoms with Crippen LogP contribution in [0.15, 0.2) is 83.0 Å². The largest absolute Gasteiger partial charge is 0.494 e. The van der Waals surface area contributed by atoms with E-state index in [9.17, 15) is 4.79 Å². The van der Waals surface area contributed by atoms with Crippen molar-refractivity contribution >= 4 is 17.3 Å². The first-order valence-corrected chi connectivity index (χ1v) is 12.0. The third-order valence-corrected chi connectivity index (χ3v) is 6.27. The Balaban J connectivity index is 1.61. The maximum Gasteiger partial charge on any atom is 0.326 e. The van der Waals surface area contributed by atoms with Gasteiger partial charge in [0.1, 0.15) is 5.75 Å². The number of nitrogens with one attached hydrogen (secondary N) is 1. The third kappa shape index (κ3) is 4.47. The van der Waals surface area contributed by atoms with Gasteiger partial charge in [-0.15, -0.1) is 0 Å². The lowest BCUT2D eigenvalue weighted by Crippen LogP contribution is -2.46. The molecule has 1 aliphatic rings. The summed E-state index contributed by atoms with van der Waals surface area (Å²) >= 11 is 0. The molecule has 2 heterocycles. The first-order chi connectivity index (χ1) is 17.4. The molecule has 0 saturated heterocycles. The van der Waals surface area contributed by atoms with Gasteiger partial charge in [-0.1, -0.05) is 64.8 Å². The summed E-state index contributed by atoms with van der Waals surface area (Å²) in [6, 6.07) is 22.8. The molecule has 182 valence electrons. The second-order valence-corrected chi connectivity index (χ2v) is 8.84. The fraction of sp³-hybridized carbons (Fsp3) is 0.207. The molecular weight excluding hydrogens is 452 g/mol. The molecule has 36 heavy (non-hydrogen) atoms. The molecule has 0 aliphatic carbocycles. The van der Waals surface area contributed by atoms with Crippen molar-refractivity contribution in [2.24, 2.45) is 0 Å². The first-order valence-electron chi connectivity index (χ1n) is 12.0. The number of hydrogen-bond donors (Lipinski definition) is 1. The molecule has 0 radical (unpaired) electrons. The van der Waals surface area contributed by atoms with Crippen molar-refractivity contribution < 1.29 is 14.1 Å². The van der Waals surface area contributed by atoms with Crippen molar-refractivity contribution in [1.82, 2.24) is 15.5 Å². The molecule has 1 aromatic heterocycles. The molecular formula is C29H28N4O3. The zero-order valence-electron chi connectivity index (χ0n) is 20.8. The van der Waals surface area contributed by atoms with Crippen LogP contribution in [0.3, 0.4) is 0 Å². The number of carbonyl (C=O) groups excluding carboxylic acids is 1. The lowest BCUT2D eigenvalue weighted by Gasteiger charge is -2.35. The molecule has 3 aromatic carbocycles. The number of ether oxygens (including phenoxy) is 1. The van der Waals surface area contributed by atoms with Crippen LogP contribution < -0.4 is 15.0 Å². The molecule has 7 heteroatoms. The molecule has 0 bridgehead atoms. The molecule has 2 amide bonds. The number of urea groups is 1. The smallest absolute Gasteiger partial charge is 0.326 e. The van der Waals surface area contributed by atoms with E-state index < -0.39 is 6.04 Å². The molecule has 1 aliphatic heterocycles. The van der Waals surface area contributed by atoms with Crippen molar-refractivity contribution in [1.29, 1.82) is 0 Å². The molecule has 1 N–H and O–H groups in total. The van der Waals surface area contributed by atoms with Crippen molar-refractivity contribution in [2.75, 3.05) is 11.5 Å². The number of hydrogen-bond acceptors (Lipinski definition) is 5. The van der Waals surface area contributed by atoms with E-state index in [4.69, 9.17) is 14.2 Å². The van der Waals surface area contributed by atoms with E-state index in [0.29, 0.717) is 18.3 Å². The number of benzene rings is 3. The number of nitrogens with zero attached hydrogens (tertiary/aromatic N) is 3. The van der Waals surface area contributed by atoms with Gasteiger partial charge < -0.3 is 14.6 Å². The summed E-state index contributed by atoms with van der Waals surface area (Å²) in [6.45, 7) is 8.48. The number of amides is 2. The van der Waals surface area contributed by atoms with Crippen LogP contribution >= 0.6 is 0 Å². The predicted octanol–water partition coefficient (Wildman–Crippen LogP) is 6.45. The maximum atomic E-state index is 13.4. The van der Waals surface area contributed by atoms with E-state index in [-0.39, 0.29) is 6.03 Å². The van der Waals surface area contributed by atoms with Crippen LogP contribution in [-0.2, 0) is 0 Å². The average molecular weight is 481 g/mol. The highest BCUT2D eigenvalue weighted by molar-refractivity contribution is 6.01. The summed E-state index contributed by atoms with van der Waals surface area (Å²) in [5.74, 6) is 1.62. The van der Waals surface area contributed by atoms with Crippen molar-refractivity contribution in [3.05, 3.63) is 101 Å². The third-order valence-electron chi connectivity index (χ3n) is 6.27. The van der Waals surface area contributed by atoms with E-state index in [2.05, 4.69) is 10.5 Å². The van der Waals surface area contributed by atoms with Gasteiger partial charge in [-0.2, -0.15) is 4.98 Å². The van der Waals surface area contributed by atoms with Crippen molar-refractivity contribution in [3.63, 3.8) is 0 Å². The van der Waals surface area contributed by atoms with Crippen molar-refractivity contribution in [2.45, 2.75) is 33.7 Å². The molecule has 4 aromatic rings. The zero-order chi connectivity index (χ0) is 25.2. The van der Waals surface area contributed by atoms with E-state index in [0.717, 1.165) is 45.0 Å². The molecule has 1 unspecified atom stereocenters. The minimum Gasteiger partial charge on any atom is -0.494 e. The second-order valence-electron chi connectivity index (χ2n) is 8.84. The highest BCUT2D eigenvalue weighted by Crippen LogP contribution is 2.39. The van der Waals surface area contributed by atoms with Crippen LogP contribution in [-0.4, -0.2) is 22.8 Å². The Morgan fingerprint density at radius 3 is 2.19 bits per heavy atom. The monoisotopic (exact) mass is 480 g/mol. The molecule has 7 nitrogen and oxygen atoms in total. The molecule has 5 rings (SSSR count). The Kier molecular flexibility index (Phi) is 6.29. The topological polar surface area (TPSA) is 80.5 Å². The second kappa shape index (κ2) is 9.70. The predicted molar refractivity (Wildman–Crippen MR) is 140 cm³/mol. The number of anilines is 1. The Morgan fingerprint density at radius 1 is 0.917 bits per heavy atom. The normalized spacial score (nSPS) is 15.7. The van der Waals surface area contributed by atoms with Gasteiger partial charge in [0.05, 0.1) is 23.9 Å². The minimum atomic E-state index is -0.471. The number of aryl methyl sites for hydroxylation is 2. The van der Waals surface area contributed by atoms with Crippen LogP contribution in [0.5, 0.6) is 5.75 Å². The van der Waals surface area contributed by atoms with Crippen LogP contribution in [0, 0.1) is 13.8 Å². The van der Waals surface area contributed by atoms with Gasteiger partial charge in [0.15, 0.2) is 0 Å². The summed E-state index contributed by atoms with van der Waals surface area (Å²) in [5.41, 5.74) is 6.24. The number of aromatic nitrogens is 2. The summed E-state index contributed by atoms with van der Waals surface area (Å²) < 4.78 is 11.4. The highest BCUT2D eigenvalue weighted by Gasteiger charge is 2.36. The quantitative estimate of drug-likeness (QED) is 0.343. The molecule has 0 saturated carbocycles. The fourth-order valence-electron chi connectivity index (χ4n) is 4.35. The standard InChI is InChI=1S/C29H28N4O3/c1-5-35-24-16-12-21(13-17-24)26-25(28-31-27(32-36-28)22-10-6-18(2)7-11-22)20(4)33(29(34)30-26)23-14-8-19(3)9-15-23/h6-17,26H,5H2,1-4H3,(H,30,34). The van der Waals surface area contributed by atoms with Gasteiger partial charge in [-0.25, -0.2) is 4.79 Å². The van der Waals surface area contributed by atoms with Gasteiger partial charge in [-0.05, 0) is 57.5 Å². The van der Waals surface area contributed by atoms with E-state index in [1.165, 1.54) is 0 Å². The van der Waals surface area contributed by atoms with Crippen LogP contribution in [0.4, 0.5) is 10.5 Å². The van der Waals surface area contributed by atoms with Crippen LogP contribution in [0.1, 0.15) is 42.5 Å². The number of rotatable bonds is 6. The Hall–Kier alpha value is -4.39. The van der Waals surface area contributed by atoms with Crippen LogP contribution in [0.25, 0.3) is 17.0 Å². The van der Waals surface area contributed by atoms with Crippen molar-refractivity contribution in [3.8, 4) is 17.1 Å². The number of allylic oxidation sites excluding steroid dienone is 1.